The van der Waals surface area contributed by atoms with E-state index in [-0.39, 0.29) is 27.6 Å². The van der Waals surface area contributed by atoms with E-state index in [1.54, 1.807) is 4.90 Å². The number of benzene rings is 1. The molecule has 8 heteroatoms. The highest BCUT2D eigenvalue weighted by Crippen LogP contribution is 2.34. The Morgan fingerprint density at radius 2 is 2.32 bits per heavy atom. The molecule has 2 amide bonds. The molecule has 2 atom stereocenters. The van der Waals surface area contributed by atoms with Gasteiger partial charge in [-0.25, -0.2) is 4.79 Å². The Kier molecular flexibility index (Phi) is 4.05. The Labute approximate surface area is 136 Å². The maximum absolute atomic E-state index is 12.0. The third kappa shape index (κ3) is 2.80. The second kappa shape index (κ2) is 5.85. The number of nitrogens with one attached hydrogen (secondary N) is 1. The molecule has 0 radical (unpaired) electrons. The van der Waals surface area contributed by atoms with Gasteiger partial charge in [0.05, 0.1) is 24.7 Å². The van der Waals surface area contributed by atoms with Crippen LogP contribution in [-0.4, -0.2) is 44.1 Å². The number of cyclic esters (lactones) is 1. The predicted molar refractivity (Wildman–Crippen MR) is 89.0 cm³/mol. The van der Waals surface area contributed by atoms with Crippen molar-refractivity contribution in [3.8, 4) is 0 Å². The van der Waals surface area contributed by atoms with Crippen LogP contribution in [0.4, 0.5) is 16.2 Å². The molecule has 1 N–H and O–H groups in total. The highest BCUT2D eigenvalue weighted by molar-refractivity contribution is 8.29. The number of carbonyl (C=O) groups excluding carboxylic acids is 2. The van der Waals surface area contributed by atoms with E-state index in [0.717, 1.165) is 22.1 Å². The van der Waals surface area contributed by atoms with E-state index in [1.165, 1.54) is 6.92 Å². The summed E-state index contributed by atoms with van der Waals surface area (Å²) in [6, 6.07) is 5.89. The van der Waals surface area contributed by atoms with Gasteiger partial charge in [0.2, 0.25) is 5.91 Å². The summed E-state index contributed by atoms with van der Waals surface area (Å²) in [6.07, 6.45) is -0.708. The van der Waals surface area contributed by atoms with Crippen molar-refractivity contribution in [2.75, 3.05) is 35.8 Å². The number of amides is 2. The largest absolute Gasteiger partial charge is 0.442 e. The van der Waals surface area contributed by atoms with Gasteiger partial charge in [-0.1, -0.05) is 9.45 Å². The van der Waals surface area contributed by atoms with Crippen molar-refractivity contribution in [3.05, 3.63) is 18.2 Å². The third-order valence-electron chi connectivity index (χ3n) is 3.68. The van der Waals surface area contributed by atoms with Crippen molar-refractivity contribution in [2.24, 2.45) is 0 Å². The number of nitrogens with zero attached hydrogens (tertiary/aromatic N) is 2. The maximum atomic E-state index is 12.0. The van der Waals surface area contributed by atoms with Crippen LogP contribution in [0.15, 0.2) is 23.1 Å². The lowest BCUT2D eigenvalue weighted by Crippen LogP contribution is -2.33. The summed E-state index contributed by atoms with van der Waals surface area (Å²) in [6.45, 7) is 2.20. The first-order chi connectivity index (χ1) is 10.5. The molecule has 1 aromatic rings. The molecule has 0 bridgehead atoms. The van der Waals surface area contributed by atoms with Crippen molar-refractivity contribution in [1.29, 1.82) is 0 Å². The minimum atomic E-state index is -0.383. The summed E-state index contributed by atoms with van der Waals surface area (Å²) in [7, 11) is 1.77. The average Bonchev–Trinajstić information content (AvgIpc) is 2.97. The first-order valence-corrected chi connectivity index (χ1v) is 9.24. The normalized spacial score (nSPS) is 23.5. The topological polar surface area (TPSA) is 61.9 Å². The summed E-state index contributed by atoms with van der Waals surface area (Å²) in [5, 5.41) is 2.67. The summed E-state index contributed by atoms with van der Waals surface area (Å²) < 4.78 is 5.28. The molecule has 0 saturated carbocycles. The molecular formula is C14H17N3O3S2. The maximum Gasteiger partial charge on any atom is 0.414 e. The van der Waals surface area contributed by atoms with Crippen LogP contribution in [0.25, 0.3) is 0 Å². The zero-order valence-electron chi connectivity index (χ0n) is 12.4. The Balaban J connectivity index is 1.78. The molecule has 2 aliphatic heterocycles. The molecular weight excluding hydrogens is 322 g/mol. The van der Waals surface area contributed by atoms with Crippen molar-refractivity contribution >= 4 is 44.0 Å². The molecule has 1 saturated heterocycles. The van der Waals surface area contributed by atoms with E-state index in [9.17, 15) is 9.59 Å². The fraction of sp³-hybridized carbons (Fsp3) is 0.429. The molecule has 1 fully saturated rings. The number of anilines is 2. The van der Waals surface area contributed by atoms with Crippen molar-refractivity contribution < 1.29 is 14.3 Å². The molecule has 1 unspecified atom stereocenters. The first kappa shape index (κ1) is 15.2. The number of carbonyl (C=O) groups is 2. The van der Waals surface area contributed by atoms with Crippen LogP contribution in [-0.2, 0) is 30.2 Å². The molecule has 1 aromatic carbocycles. The highest BCUT2D eigenvalue weighted by Gasteiger charge is 2.33. The SMILES string of the molecule is CC(=O)NC[C@H]1CN(c2ccc3c(c2)S(=S)CN3C)C(=O)O1. The first-order valence-electron chi connectivity index (χ1n) is 6.92. The Hall–Kier alpha value is -1.67. The summed E-state index contributed by atoms with van der Waals surface area (Å²) >= 11 is 5.50. The minimum Gasteiger partial charge on any atom is -0.442 e. The van der Waals surface area contributed by atoms with E-state index in [0.29, 0.717) is 13.1 Å². The van der Waals surface area contributed by atoms with Crippen LogP contribution in [0, 0.1) is 0 Å². The van der Waals surface area contributed by atoms with Gasteiger partial charge in [-0.3, -0.25) is 9.69 Å². The number of ether oxygens (including phenoxy) is 1. The van der Waals surface area contributed by atoms with Crippen LogP contribution in [0.2, 0.25) is 0 Å². The van der Waals surface area contributed by atoms with Crippen LogP contribution in [0.5, 0.6) is 0 Å². The zero-order valence-corrected chi connectivity index (χ0v) is 14.0. The molecule has 0 aromatic heterocycles. The average molecular weight is 339 g/mol. The van der Waals surface area contributed by atoms with E-state index in [1.807, 2.05) is 25.2 Å². The van der Waals surface area contributed by atoms with Gasteiger partial charge in [0.25, 0.3) is 0 Å². The lowest BCUT2D eigenvalue weighted by molar-refractivity contribution is -0.119. The molecule has 2 heterocycles. The van der Waals surface area contributed by atoms with Gasteiger partial charge in [-0.15, -0.1) is 0 Å². The quantitative estimate of drug-likeness (QED) is 0.890. The molecule has 0 aliphatic carbocycles. The van der Waals surface area contributed by atoms with E-state index in [2.05, 4.69) is 10.2 Å². The van der Waals surface area contributed by atoms with Gasteiger partial charge in [-0.05, 0) is 29.4 Å². The Morgan fingerprint density at radius 1 is 1.55 bits per heavy atom. The van der Waals surface area contributed by atoms with Gasteiger partial charge in [0.15, 0.2) is 0 Å². The van der Waals surface area contributed by atoms with Crippen LogP contribution in [0.3, 0.4) is 0 Å². The van der Waals surface area contributed by atoms with Crippen molar-refractivity contribution in [2.45, 2.75) is 17.9 Å². The van der Waals surface area contributed by atoms with E-state index in [4.69, 9.17) is 15.9 Å². The fourth-order valence-electron chi connectivity index (χ4n) is 2.58. The standard InChI is InChI=1S/C14H17N3O3S2/c1-9(18)15-6-11-7-17(14(19)20-11)10-3-4-12-13(5-10)22(21)8-16(12)2/h3-5,11H,6-8H2,1-2H3,(H,15,18)/t11-,22?/m0/s1. The second-order valence-electron chi connectivity index (χ2n) is 5.38. The Morgan fingerprint density at radius 3 is 3.05 bits per heavy atom. The fourth-order valence-corrected chi connectivity index (χ4v) is 4.79. The summed E-state index contributed by atoms with van der Waals surface area (Å²) in [5.74, 6) is 0.703. The molecule has 3 rings (SSSR count). The van der Waals surface area contributed by atoms with Gasteiger partial charge < -0.3 is 15.0 Å². The summed E-state index contributed by atoms with van der Waals surface area (Å²) in [4.78, 5) is 27.8. The zero-order chi connectivity index (χ0) is 15.9. The lowest BCUT2D eigenvalue weighted by atomic mass is 10.2. The summed E-state index contributed by atoms with van der Waals surface area (Å²) in [5.41, 5.74) is 1.93. The number of fused-ring (bicyclic) bond motifs is 1. The molecule has 6 nitrogen and oxygen atoms in total. The molecule has 118 valence electrons. The lowest BCUT2D eigenvalue weighted by Gasteiger charge is -2.15. The van der Waals surface area contributed by atoms with Crippen LogP contribution >= 0.6 is 0 Å². The number of hydrogen-bond acceptors (Lipinski definition) is 5. The monoisotopic (exact) mass is 339 g/mol. The highest BCUT2D eigenvalue weighted by atomic mass is 32.8. The number of hydrogen-bond donors (Lipinski definition) is 1. The third-order valence-corrected chi connectivity index (χ3v) is 5.97. The van der Waals surface area contributed by atoms with Gasteiger partial charge >= 0.3 is 6.09 Å². The number of rotatable bonds is 3. The van der Waals surface area contributed by atoms with E-state index < -0.39 is 0 Å². The molecule has 0 spiro atoms. The smallest absolute Gasteiger partial charge is 0.414 e. The van der Waals surface area contributed by atoms with Gasteiger partial charge in [0.1, 0.15) is 6.10 Å². The molecule has 2 aliphatic rings. The van der Waals surface area contributed by atoms with Crippen LogP contribution < -0.4 is 15.1 Å². The molecule has 22 heavy (non-hydrogen) atoms. The predicted octanol–water partition coefficient (Wildman–Crippen LogP) is 0.994. The second-order valence-corrected chi connectivity index (χ2v) is 7.97. The van der Waals surface area contributed by atoms with Crippen LogP contribution in [0.1, 0.15) is 6.92 Å². The van der Waals surface area contributed by atoms with Crippen molar-refractivity contribution in [3.63, 3.8) is 0 Å². The van der Waals surface area contributed by atoms with E-state index >= 15 is 0 Å². The Bertz CT molecular complexity index is 665. The minimum absolute atomic E-state index is 0.134. The van der Waals surface area contributed by atoms with Gasteiger partial charge in [-0.2, -0.15) is 0 Å². The van der Waals surface area contributed by atoms with Gasteiger partial charge in [0, 0.05) is 24.6 Å². The van der Waals surface area contributed by atoms with Crippen molar-refractivity contribution in [1.82, 2.24) is 5.32 Å².